The summed E-state index contributed by atoms with van der Waals surface area (Å²) >= 11 is 0. The molecule has 0 saturated carbocycles. The van der Waals surface area contributed by atoms with E-state index < -0.39 is 0 Å². The first-order chi connectivity index (χ1) is 9.58. The number of hydrogen-bond donors (Lipinski definition) is 1. The molecular formula is C18H32N2. The first-order valence-electron chi connectivity index (χ1n) is 8.08. The molecule has 0 fully saturated rings. The zero-order chi connectivity index (χ0) is 15.0. The molecule has 1 rings (SSSR count). The maximum Gasteiger partial charge on any atom is 0.0332 e. The Morgan fingerprint density at radius 3 is 2.35 bits per heavy atom. The third kappa shape index (κ3) is 5.64. The van der Waals surface area contributed by atoms with Gasteiger partial charge in [0.05, 0.1) is 0 Å². The van der Waals surface area contributed by atoms with E-state index in [4.69, 9.17) is 0 Å². The molecule has 114 valence electrons. The summed E-state index contributed by atoms with van der Waals surface area (Å²) in [7, 11) is 2.24. The Balaban J connectivity index is 2.62. The zero-order valence-corrected chi connectivity index (χ0v) is 13.9. The van der Waals surface area contributed by atoms with Gasteiger partial charge in [-0.15, -0.1) is 0 Å². The predicted octanol–water partition coefficient (Wildman–Crippen LogP) is 4.16. The van der Waals surface area contributed by atoms with Crippen LogP contribution in [0.15, 0.2) is 24.3 Å². The van der Waals surface area contributed by atoms with Gasteiger partial charge in [0.2, 0.25) is 0 Å². The summed E-state index contributed by atoms with van der Waals surface area (Å²) in [4.78, 5) is 2.47. The fourth-order valence-corrected chi connectivity index (χ4v) is 2.37. The highest BCUT2D eigenvalue weighted by Gasteiger charge is 2.13. The molecule has 0 bridgehead atoms. The van der Waals surface area contributed by atoms with Crippen molar-refractivity contribution in [3.8, 4) is 0 Å². The van der Waals surface area contributed by atoms with Crippen LogP contribution in [0.4, 0.5) is 0 Å². The number of hydrogen-bond acceptors (Lipinski definition) is 2. The Kier molecular flexibility index (Phi) is 7.86. The van der Waals surface area contributed by atoms with Crippen LogP contribution in [0.3, 0.4) is 0 Å². The van der Waals surface area contributed by atoms with Gasteiger partial charge in [0.25, 0.3) is 0 Å². The summed E-state index contributed by atoms with van der Waals surface area (Å²) < 4.78 is 0. The lowest BCUT2D eigenvalue weighted by Gasteiger charge is -2.27. The molecule has 0 aliphatic rings. The van der Waals surface area contributed by atoms with E-state index in [-0.39, 0.29) is 0 Å². The highest BCUT2D eigenvalue weighted by atomic mass is 15.1. The Morgan fingerprint density at radius 1 is 1.15 bits per heavy atom. The van der Waals surface area contributed by atoms with Crippen LogP contribution in [0.1, 0.15) is 57.2 Å². The van der Waals surface area contributed by atoms with E-state index in [1.807, 2.05) is 0 Å². The average Bonchev–Trinajstić information content (AvgIpc) is 2.47. The summed E-state index contributed by atoms with van der Waals surface area (Å²) in [5, 5.41) is 3.69. The van der Waals surface area contributed by atoms with Crippen molar-refractivity contribution in [3.63, 3.8) is 0 Å². The van der Waals surface area contributed by atoms with Crippen molar-refractivity contribution in [1.29, 1.82) is 0 Å². The molecule has 1 N–H and O–H groups in total. The van der Waals surface area contributed by atoms with Gasteiger partial charge in [0, 0.05) is 12.1 Å². The van der Waals surface area contributed by atoms with Crippen molar-refractivity contribution >= 4 is 0 Å². The minimum Gasteiger partial charge on any atom is -0.310 e. The monoisotopic (exact) mass is 276 g/mol. The molecule has 20 heavy (non-hydrogen) atoms. The maximum absolute atomic E-state index is 3.69. The van der Waals surface area contributed by atoms with Crippen molar-refractivity contribution in [3.05, 3.63) is 35.4 Å². The van der Waals surface area contributed by atoms with Gasteiger partial charge >= 0.3 is 0 Å². The second-order valence-corrected chi connectivity index (χ2v) is 5.94. The fraction of sp³-hybridized carbons (Fsp3) is 0.667. The van der Waals surface area contributed by atoms with E-state index in [2.05, 4.69) is 69.2 Å². The highest BCUT2D eigenvalue weighted by molar-refractivity contribution is 5.24. The molecule has 2 atom stereocenters. The molecule has 0 radical (unpaired) electrons. The van der Waals surface area contributed by atoms with Crippen molar-refractivity contribution in [1.82, 2.24) is 10.2 Å². The topological polar surface area (TPSA) is 15.3 Å². The molecule has 0 heterocycles. The largest absolute Gasteiger partial charge is 0.310 e. The minimum absolute atomic E-state index is 0.474. The van der Waals surface area contributed by atoms with Crippen LogP contribution >= 0.6 is 0 Å². The SMILES string of the molecule is CCCNC(CCN(C)C(C)CC)c1ccc(C)cc1. The minimum atomic E-state index is 0.474. The van der Waals surface area contributed by atoms with Crippen molar-refractivity contribution in [2.24, 2.45) is 0 Å². The molecular weight excluding hydrogens is 244 g/mol. The van der Waals surface area contributed by atoms with Gasteiger partial charge in [0.1, 0.15) is 0 Å². The predicted molar refractivity (Wildman–Crippen MR) is 89.2 cm³/mol. The lowest BCUT2D eigenvalue weighted by molar-refractivity contribution is 0.237. The van der Waals surface area contributed by atoms with Crippen LogP contribution in [0, 0.1) is 6.92 Å². The van der Waals surface area contributed by atoms with Gasteiger partial charge in [0.15, 0.2) is 0 Å². The summed E-state index contributed by atoms with van der Waals surface area (Å²) in [6, 6.07) is 10.1. The summed E-state index contributed by atoms with van der Waals surface area (Å²) in [6.45, 7) is 11.2. The van der Waals surface area contributed by atoms with Crippen molar-refractivity contribution in [2.75, 3.05) is 20.1 Å². The van der Waals surface area contributed by atoms with E-state index in [9.17, 15) is 0 Å². The molecule has 0 spiro atoms. The third-order valence-corrected chi connectivity index (χ3v) is 4.23. The molecule has 2 nitrogen and oxygen atoms in total. The first-order valence-corrected chi connectivity index (χ1v) is 8.08. The average molecular weight is 276 g/mol. The number of aryl methyl sites for hydroxylation is 1. The van der Waals surface area contributed by atoms with Crippen molar-refractivity contribution in [2.45, 2.75) is 59.0 Å². The quantitative estimate of drug-likeness (QED) is 0.728. The van der Waals surface area contributed by atoms with Gasteiger partial charge in [-0.2, -0.15) is 0 Å². The second kappa shape index (κ2) is 9.15. The smallest absolute Gasteiger partial charge is 0.0332 e. The molecule has 0 amide bonds. The standard InChI is InChI=1S/C18H32N2/c1-6-13-19-18(12-14-20(5)16(4)7-2)17-10-8-15(3)9-11-17/h8-11,16,18-19H,6-7,12-14H2,1-5H3. The molecule has 0 aromatic heterocycles. The molecule has 1 aromatic carbocycles. The molecule has 2 unspecified atom stereocenters. The maximum atomic E-state index is 3.69. The molecule has 0 aliphatic heterocycles. The number of rotatable bonds is 9. The van der Waals surface area contributed by atoms with Gasteiger partial charge in [-0.1, -0.05) is 43.7 Å². The summed E-state index contributed by atoms with van der Waals surface area (Å²) in [5.74, 6) is 0. The lowest BCUT2D eigenvalue weighted by atomic mass is 10.0. The van der Waals surface area contributed by atoms with Crippen LogP contribution in [-0.2, 0) is 0 Å². The Labute approximate surface area is 125 Å². The van der Waals surface area contributed by atoms with Crippen LogP contribution in [0.2, 0.25) is 0 Å². The Hall–Kier alpha value is -0.860. The Bertz CT molecular complexity index is 358. The highest BCUT2D eigenvalue weighted by Crippen LogP contribution is 2.18. The summed E-state index contributed by atoms with van der Waals surface area (Å²) in [5.41, 5.74) is 2.75. The van der Waals surface area contributed by atoms with Crippen LogP contribution in [-0.4, -0.2) is 31.1 Å². The summed E-state index contributed by atoms with van der Waals surface area (Å²) in [6.07, 6.45) is 3.57. The van der Waals surface area contributed by atoms with E-state index in [1.54, 1.807) is 0 Å². The van der Waals surface area contributed by atoms with Gasteiger partial charge in [-0.25, -0.2) is 0 Å². The number of nitrogens with zero attached hydrogens (tertiary/aromatic N) is 1. The fourth-order valence-electron chi connectivity index (χ4n) is 2.37. The van der Waals surface area contributed by atoms with Gasteiger partial charge < -0.3 is 10.2 Å². The second-order valence-electron chi connectivity index (χ2n) is 5.94. The number of benzene rings is 1. The number of nitrogens with one attached hydrogen (secondary N) is 1. The molecule has 0 saturated heterocycles. The zero-order valence-electron chi connectivity index (χ0n) is 13.9. The van der Waals surface area contributed by atoms with Crippen LogP contribution < -0.4 is 5.32 Å². The normalized spacial score (nSPS) is 14.5. The van der Waals surface area contributed by atoms with E-state index in [1.165, 1.54) is 30.4 Å². The van der Waals surface area contributed by atoms with E-state index >= 15 is 0 Å². The van der Waals surface area contributed by atoms with Gasteiger partial charge in [-0.3, -0.25) is 0 Å². The van der Waals surface area contributed by atoms with E-state index in [0.29, 0.717) is 12.1 Å². The molecule has 2 heteroatoms. The van der Waals surface area contributed by atoms with Crippen molar-refractivity contribution < 1.29 is 0 Å². The molecule has 0 aliphatic carbocycles. The van der Waals surface area contributed by atoms with Crippen LogP contribution in [0.25, 0.3) is 0 Å². The lowest BCUT2D eigenvalue weighted by Crippen LogP contribution is -2.32. The first kappa shape index (κ1) is 17.2. The molecule has 1 aromatic rings. The van der Waals surface area contributed by atoms with E-state index in [0.717, 1.165) is 13.1 Å². The van der Waals surface area contributed by atoms with Crippen LogP contribution in [0.5, 0.6) is 0 Å². The van der Waals surface area contributed by atoms with Gasteiger partial charge in [-0.05, 0) is 58.8 Å². The third-order valence-electron chi connectivity index (χ3n) is 4.23. The Morgan fingerprint density at radius 2 is 1.80 bits per heavy atom.